The van der Waals surface area contributed by atoms with Gasteiger partial charge in [-0.15, -0.1) is 0 Å². The van der Waals surface area contributed by atoms with Crippen molar-refractivity contribution in [3.63, 3.8) is 0 Å². The lowest BCUT2D eigenvalue weighted by Crippen LogP contribution is -2.31. The number of benzene rings is 1. The van der Waals surface area contributed by atoms with Crippen LogP contribution >= 0.6 is 0 Å². The number of nitrogens with one attached hydrogen (secondary N) is 1. The molecule has 0 bridgehead atoms. The van der Waals surface area contributed by atoms with Crippen LogP contribution in [0.3, 0.4) is 0 Å². The van der Waals surface area contributed by atoms with Crippen LogP contribution in [0, 0.1) is 11.8 Å². The van der Waals surface area contributed by atoms with Crippen LogP contribution in [-0.2, 0) is 0 Å². The highest BCUT2D eigenvalue weighted by molar-refractivity contribution is 5.31. The third-order valence-corrected chi connectivity index (χ3v) is 4.43. The lowest BCUT2D eigenvalue weighted by Gasteiger charge is -2.35. The Kier molecular flexibility index (Phi) is 5.26. The Balaban J connectivity index is 2.15. The van der Waals surface area contributed by atoms with Gasteiger partial charge in [-0.05, 0) is 61.4 Å². The van der Waals surface area contributed by atoms with Gasteiger partial charge in [-0.1, -0.05) is 32.4 Å². The number of rotatable bonds is 5. The van der Waals surface area contributed by atoms with E-state index in [1.165, 1.54) is 24.8 Å². The molecule has 0 radical (unpaired) electrons. The van der Waals surface area contributed by atoms with Crippen LogP contribution < -0.4 is 10.1 Å². The van der Waals surface area contributed by atoms with Crippen LogP contribution in [0.1, 0.15) is 44.6 Å². The number of methoxy groups -OCH3 is 1. The third-order valence-electron chi connectivity index (χ3n) is 4.43. The molecule has 1 aliphatic carbocycles. The summed E-state index contributed by atoms with van der Waals surface area (Å²) in [7, 11) is 1.75. The van der Waals surface area contributed by atoms with E-state index in [0.29, 0.717) is 5.92 Å². The molecule has 1 N–H and O–H groups in total. The summed E-state index contributed by atoms with van der Waals surface area (Å²) in [4.78, 5) is 0. The first kappa shape index (κ1) is 14.4. The van der Waals surface area contributed by atoms with Gasteiger partial charge in [0.2, 0.25) is 0 Å². The highest BCUT2D eigenvalue weighted by Crippen LogP contribution is 2.40. The van der Waals surface area contributed by atoms with Crippen LogP contribution in [0.2, 0.25) is 0 Å². The fraction of sp³-hybridized carbons (Fsp3) is 0.647. The van der Waals surface area contributed by atoms with Gasteiger partial charge >= 0.3 is 0 Å². The zero-order valence-electron chi connectivity index (χ0n) is 12.5. The van der Waals surface area contributed by atoms with E-state index < -0.39 is 0 Å². The molecule has 2 heteroatoms. The Hall–Kier alpha value is -1.02. The van der Waals surface area contributed by atoms with Gasteiger partial charge in [-0.3, -0.25) is 0 Å². The van der Waals surface area contributed by atoms with Crippen molar-refractivity contribution in [1.29, 1.82) is 0 Å². The summed E-state index contributed by atoms with van der Waals surface area (Å²) >= 11 is 0. The number of ether oxygens (including phenoxy) is 1. The minimum Gasteiger partial charge on any atom is -0.497 e. The van der Waals surface area contributed by atoms with E-state index >= 15 is 0 Å². The van der Waals surface area contributed by atoms with Crippen LogP contribution in [-0.4, -0.2) is 20.2 Å². The molecule has 0 heterocycles. The standard InChI is InChI=1S/C17H27NO/c1-4-18-12-15-9-8-13(2)10-17(15)14-6-5-7-16(11-14)19-3/h5-7,11,13,15,17-18H,4,8-10,12H2,1-3H3. The number of hydrogen-bond donors (Lipinski definition) is 1. The maximum absolute atomic E-state index is 5.37. The Bertz CT molecular complexity index is 389. The summed E-state index contributed by atoms with van der Waals surface area (Å²) < 4.78 is 5.37. The second-order valence-corrected chi connectivity index (χ2v) is 5.87. The van der Waals surface area contributed by atoms with Gasteiger partial charge in [0.05, 0.1) is 7.11 Å². The predicted molar refractivity (Wildman–Crippen MR) is 80.8 cm³/mol. The van der Waals surface area contributed by atoms with Crippen molar-refractivity contribution in [3.05, 3.63) is 29.8 Å². The first-order chi connectivity index (χ1) is 9.24. The molecule has 0 spiro atoms. The summed E-state index contributed by atoms with van der Waals surface area (Å²) in [6.45, 7) is 6.78. The summed E-state index contributed by atoms with van der Waals surface area (Å²) in [6.07, 6.45) is 4.02. The molecule has 1 saturated carbocycles. The van der Waals surface area contributed by atoms with Crippen LogP contribution in [0.5, 0.6) is 5.75 Å². The molecule has 3 atom stereocenters. The molecular formula is C17H27NO. The molecular weight excluding hydrogens is 234 g/mol. The molecule has 1 fully saturated rings. The van der Waals surface area contributed by atoms with Crippen molar-refractivity contribution >= 4 is 0 Å². The van der Waals surface area contributed by atoms with E-state index in [4.69, 9.17) is 4.74 Å². The minimum absolute atomic E-state index is 0.679. The topological polar surface area (TPSA) is 21.3 Å². The van der Waals surface area contributed by atoms with Gasteiger partial charge in [-0.2, -0.15) is 0 Å². The Morgan fingerprint density at radius 3 is 2.89 bits per heavy atom. The van der Waals surface area contributed by atoms with Crippen molar-refractivity contribution in [2.75, 3.05) is 20.2 Å². The first-order valence-electron chi connectivity index (χ1n) is 7.59. The van der Waals surface area contributed by atoms with E-state index in [-0.39, 0.29) is 0 Å². The molecule has 1 aromatic carbocycles. The minimum atomic E-state index is 0.679. The monoisotopic (exact) mass is 261 g/mol. The normalized spacial score (nSPS) is 27.2. The summed E-state index contributed by atoms with van der Waals surface area (Å²) in [5, 5.41) is 3.53. The van der Waals surface area contributed by atoms with Gasteiger partial charge in [0, 0.05) is 0 Å². The van der Waals surface area contributed by atoms with Crippen LogP contribution in [0.25, 0.3) is 0 Å². The van der Waals surface area contributed by atoms with E-state index in [2.05, 4.69) is 37.4 Å². The second-order valence-electron chi connectivity index (χ2n) is 5.87. The Labute approximate surface area is 117 Å². The highest BCUT2D eigenvalue weighted by Gasteiger charge is 2.29. The lowest BCUT2D eigenvalue weighted by molar-refractivity contribution is 0.242. The maximum Gasteiger partial charge on any atom is 0.119 e. The molecule has 1 aliphatic rings. The fourth-order valence-corrected chi connectivity index (χ4v) is 3.30. The van der Waals surface area contributed by atoms with Gasteiger partial charge < -0.3 is 10.1 Å². The highest BCUT2D eigenvalue weighted by atomic mass is 16.5. The van der Waals surface area contributed by atoms with E-state index in [0.717, 1.165) is 30.7 Å². The van der Waals surface area contributed by atoms with E-state index in [9.17, 15) is 0 Å². The van der Waals surface area contributed by atoms with E-state index in [1.807, 2.05) is 6.07 Å². The Morgan fingerprint density at radius 1 is 1.32 bits per heavy atom. The lowest BCUT2D eigenvalue weighted by atomic mass is 9.71. The molecule has 19 heavy (non-hydrogen) atoms. The van der Waals surface area contributed by atoms with Crippen LogP contribution in [0.4, 0.5) is 0 Å². The zero-order valence-corrected chi connectivity index (χ0v) is 12.5. The smallest absolute Gasteiger partial charge is 0.119 e. The molecule has 0 saturated heterocycles. The van der Waals surface area contributed by atoms with Crippen molar-refractivity contribution in [1.82, 2.24) is 5.32 Å². The van der Waals surface area contributed by atoms with Crippen molar-refractivity contribution < 1.29 is 4.74 Å². The summed E-state index contributed by atoms with van der Waals surface area (Å²) in [5.41, 5.74) is 1.45. The molecule has 2 nitrogen and oxygen atoms in total. The SMILES string of the molecule is CCNCC1CCC(C)CC1c1cccc(OC)c1. The Morgan fingerprint density at radius 2 is 2.16 bits per heavy atom. The largest absolute Gasteiger partial charge is 0.497 e. The van der Waals surface area contributed by atoms with Crippen molar-refractivity contribution in [3.8, 4) is 5.75 Å². The third kappa shape index (κ3) is 3.73. The molecule has 106 valence electrons. The second kappa shape index (κ2) is 6.95. The van der Waals surface area contributed by atoms with Crippen molar-refractivity contribution in [2.45, 2.75) is 39.0 Å². The molecule has 2 rings (SSSR count). The zero-order chi connectivity index (χ0) is 13.7. The average molecular weight is 261 g/mol. The quantitative estimate of drug-likeness (QED) is 0.870. The summed E-state index contributed by atoms with van der Waals surface area (Å²) in [6, 6.07) is 8.65. The average Bonchev–Trinajstić information content (AvgIpc) is 2.46. The van der Waals surface area contributed by atoms with E-state index in [1.54, 1.807) is 7.11 Å². The van der Waals surface area contributed by atoms with Crippen LogP contribution in [0.15, 0.2) is 24.3 Å². The number of hydrogen-bond acceptors (Lipinski definition) is 2. The molecule has 0 amide bonds. The van der Waals surface area contributed by atoms with Gasteiger partial charge in [0.15, 0.2) is 0 Å². The molecule has 0 aromatic heterocycles. The molecule has 3 unspecified atom stereocenters. The van der Waals surface area contributed by atoms with Crippen molar-refractivity contribution in [2.24, 2.45) is 11.8 Å². The molecule has 1 aromatic rings. The fourth-order valence-electron chi connectivity index (χ4n) is 3.30. The van der Waals surface area contributed by atoms with Gasteiger partial charge in [0.25, 0.3) is 0 Å². The molecule has 0 aliphatic heterocycles. The van der Waals surface area contributed by atoms with Gasteiger partial charge in [0.1, 0.15) is 5.75 Å². The predicted octanol–water partition coefficient (Wildman–Crippen LogP) is 3.82. The first-order valence-corrected chi connectivity index (χ1v) is 7.59. The maximum atomic E-state index is 5.37. The summed E-state index contributed by atoms with van der Waals surface area (Å²) in [5.74, 6) is 3.27. The van der Waals surface area contributed by atoms with Gasteiger partial charge in [-0.25, -0.2) is 0 Å².